The van der Waals surface area contributed by atoms with E-state index in [4.69, 9.17) is 9.47 Å². The Morgan fingerprint density at radius 2 is 1.85 bits per heavy atom. The fraction of sp³-hybridized carbons (Fsp3) is 0.524. The van der Waals surface area contributed by atoms with Crippen LogP contribution in [0.4, 0.5) is 0 Å². The van der Waals surface area contributed by atoms with E-state index >= 15 is 0 Å². The highest BCUT2D eigenvalue weighted by molar-refractivity contribution is 5.98. The van der Waals surface area contributed by atoms with Gasteiger partial charge in [0.15, 0.2) is 0 Å². The van der Waals surface area contributed by atoms with Crippen molar-refractivity contribution in [1.82, 2.24) is 9.88 Å². The van der Waals surface area contributed by atoms with Crippen molar-refractivity contribution in [3.63, 3.8) is 0 Å². The van der Waals surface area contributed by atoms with Gasteiger partial charge in [-0.25, -0.2) is 4.79 Å². The molecule has 0 saturated carbocycles. The standard InChI is InChI=1S/C21H28N2O4/c1-3-26-19(24)10-8-16-17-13-15(14-23-11-5-6-12-23)7-9-18(17)22-20(16)21(25)27-4-2/h7,9,13,22H,3-6,8,10-12,14H2,1-2H3. The van der Waals surface area contributed by atoms with E-state index in [0.717, 1.165) is 36.1 Å². The second-order valence-corrected chi connectivity index (χ2v) is 6.87. The summed E-state index contributed by atoms with van der Waals surface area (Å²) in [7, 11) is 0. The summed E-state index contributed by atoms with van der Waals surface area (Å²) in [6.45, 7) is 7.42. The lowest BCUT2D eigenvalue weighted by atomic mass is 10.0. The molecule has 146 valence electrons. The summed E-state index contributed by atoms with van der Waals surface area (Å²) in [6, 6.07) is 6.24. The van der Waals surface area contributed by atoms with E-state index in [0.29, 0.717) is 25.3 Å². The van der Waals surface area contributed by atoms with E-state index in [9.17, 15) is 9.59 Å². The van der Waals surface area contributed by atoms with E-state index in [1.165, 1.54) is 18.4 Å². The fourth-order valence-electron chi connectivity index (χ4n) is 3.69. The van der Waals surface area contributed by atoms with Gasteiger partial charge in [0.05, 0.1) is 13.2 Å². The molecule has 6 nitrogen and oxygen atoms in total. The highest BCUT2D eigenvalue weighted by Crippen LogP contribution is 2.27. The number of fused-ring (bicyclic) bond motifs is 1. The van der Waals surface area contributed by atoms with Crippen LogP contribution in [0.25, 0.3) is 10.9 Å². The Balaban J connectivity index is 1.90. The molecule has 1 N–H and O–H groups in total. The molecule has 0 atom stereocenters. The van der Waals surface area contributed by atoms with Crippen molar-refractivity contribution in [1.29, 1.82) is 0 Å². The number of H-pyrrole nitrogens is 1. The van der Waals surface area contributed by atoms with Crippen LogP contribution in [0.5, 0.6) is 0 Å². The molecule has 2 aromatic rings. The number of benzene rings is 1. The Morgan fingerprint density at radius 3 is 2.56 bits per heavy atom. The number of nitrogens with zero attached hydrogens (tertiary/aromatic N) is 1. The van der Waals surface area contributed by atoms with Crippen molar-refractivity contribution < 1.29 is 19.1 Å². The second kappa shape index (κ2) is 9.04. The van der Waals surface area contributed by atoms with Gasteiger partial charge in [0, 0.05) is 23.9 Å². The molecule has 1 aliphatic heterocycles. The molecule has 0 spiro atoms. The summed E-state index contributed by atoms with van der Waals surface area (Å²) in [6.07, 6.45) is 3.19. The van der Waals surface area contributed by atoms with Crippen molar-refractivity contribution >= 4 is 22.8 Å². The Kier molecular flexibility index (Phi) is 6.50. The Morgan fingerprint density at radius 1 is 1.11 bits per heavy atom. The first-order chi connectivity index (χ1) is 13.1. The molecule has 3 rings (SSSR count). The van der Waals surface area contributed by atoms with Gasteiger partial charge in [-0.05, 0) is 69.5 Å². The average Bonchev–Trinajstić information content (AvgIpc) is 3.28. The van der Waals surface area contributed by atoms with Crippen molar-refractivity contribution in [2.75, 3.05) is 26.3 Å². The number of ether oxygens (including phenoxy) is 2. The molecule has 0 aliphatic carbocycles. The Labute approximate surface area is 159 Å². The number of aromatic nitrogens is 1. The highest BCUT2D eigenvalue weighted by atomic mass is 16.5. The first kappa shape index (κ1) is 19.4. The second-order valence-electron chi connectivity index (χ2n) is 6.87. The van der Waals surface area contributed by atoms with Crippen molar-refractivity contribution in [2.45, 2.75) is 46.1 Å². The number of carbonyl (C=O) groups excluding carboxylic acids is 2. The van der Waals surface area contributed by atoms with Crippen LogP contribution in [0.15, 0.2) is 18.2 Å². The maximum Gasteiger partial charge on any atom is 0.355 e. The number of hydrogen-bond donors (Lipinski definition) is 1. The van der Waals surface area contributed by atoms with E-state index in [1.54, 1.807) is 13.8 Å². The minimum absolute atomic E-state index is 0.240. The van der Waals surface area contributed by atoms with Gasteiger partial charge < -0.3 is 14.5 Å². The van der Waals surface area contributed by atoms with E-state index in [1.807, 2.05) is 6.07 Å². The average molecular weight is 372 g/mol. The van der Waals surface area contributed by atoms with Crippen LogP contribution in [0.2, 0.25) is 0 Å². The van der Waals surface area contributed by atoms with Gasteiger partial charge in [-0.1, -0.05) is 6.07 Å². The van der Waals surface area contributed by atoms with Gasteiger partial charge in [0.25, 0.3) is 0 Å². The van der Waals surface area contributed by atoms with Gasteiger partial charge >= 0.3 is 11.9 Å². The molecule has 1 aliphatic rings. The molecule has 1 fully saturated rings. The summed E-state index contributed by atoms with van der Waals surface area (Å²) in [4.78, 5) is 29.8. The van der Waals surface area contributed by atoms with E-state index in [-0.39, 0.29) is 18.4 Å². The molecule has 6 heteroatoms. The van der Waals surface area contributed by atoms with Crippen LogP contribution in [0.3, 0.4) is 0 Å². The SMILES string of the molecule is CCOC(=O)CCc1c(C(=O)OCC)[nH]c2ccc(CN3CCCC3)cc12. The van der Waals surface area contributed by atoms with Crippen LogP contribution in [-0.2, 0) is 27.2 Å². The highest BCUT2D eigenvalue weighted by Gasteiger charge is 2.20. The molecular formula is C21H28N2O4. The third kappa shape index (κ3) is 4.69. The Bertz CT molecular complexity index is 806. The predicted molar refractivity (Wildman–Crippen MR) is 104 cm³/mol. The largest absolute Gasteiger partial charge is 0.466 e. The van der Waals surface area contributed by atoms with E-state index < -0.39 is 0 Å². The van der Waals surface area contributed by atoms with Crippen molar-refractivity contribution in [3.05, 3.63) is 35.0 Å². The van der Waals surface area contributed by atoms with Crippen LogP contribution in [0.1, 0.15) is 54.7 Å². The van der Waals surface area contributed by atoms with Gasteiger partial charge in [-0.2, -0.15) is 0 Å². The predicted octanol–water partition coefficient (Wildman–Crippen LogP) is 3.44. The maximum atomic E-state index is 12.4. The minimum atomic E-state index is -0.381. The molecule has 0 bridgehead atoms. The number of carbonyl (C=O) groups is 2. The molecule has 1 aromatic heterocycles. The molecular weight excluding hydrogens is 344 g/mol. The molecule has 1 saturated heterocycles. The minimum Gasteiger partial charge on any atom is -0.466 e. The van der Waals surface area contributed by atoms with Gasteiger partial charge in [-0.3, -0.25) is 9.69 Å². The number of likely N-dealkylation sites (tertiary alicyclic amines) is 1. The normalized spacial score (nSPS) is 14.6. The fourth-order valence-corrected chi connectivity index (χ4v) is 3.69. The first-order valence-corrected chi connectivity index (χ1v) is 9.81. The Hall–Kier alpha value is -2.34. The van der Waals surface area contributed by atoms with Gasteiger partial charge in [-0.15, -0.1) is 0 Å². The van der Waals surface area contributed by atoms with Crippen LogP contribution >= 0.6 is 0 Å². The van der Waals surface area contributed by atoms with Gasteiger partial charge in [0.1, 0.15) is 5.69 Å². The summed E-state index contributed by atoms with van der Waals surface area (Å²) in [5.41, 5.74) is 3.38. The molecule has 27 heavy (non-hydrogen) atoms. The van der Waals surface area contributed by atoms with Crippen molar-refractivity contribution in [2.24, 2.45) is 0 Å². The summed E-state index contributed by atoms with van der Waals surface area (Å²) >= 11 is 0. The molecule has 0 radical (unpaired) electrons. The maximum absolute atomic E-state index is 12.4. The lowest BCUT2D eigenvalue weighted by molar-refractivity contribution is -0.143. The first-order valence-electron chi connectivity index (χ1n) is 9.81. The summed E-state index contributed by atoms with van der Waals surface area (Å²) < 4.78 is 10.2. The van der Waals surface area contributed by atoms with Crippen molar-refractivity contribution in [3.8, 4) is 0 Å². The van der Waals surface area contributed by atoms with Crippen LogP contribution in [-0.4, -0.2) is 48.1 Å². The van der Waals surface area contributed by atoms with Crippen LogP contribution in [0, 0.1) is 0 Å². The third-order valence-electron chi connectivity index (χ3n) is 4.94. The number of hydrogen-bond acceptors (Lipinski definition) is 5. The lowest BCUT2D eigenvalue weighted by Gasteiger charge is -2.14. The quantitative estimate of drug-likeness (QED) is 0.719. The zero-order chi connectivity index (χ0) is 19.2. The smallest absolute Gasteiger partial charge is 0.355 e. The lowest BCUT2D eigenvalue weighted by Crippen LogP contribution is -2.18. The molecule has 2 heterocycles. The summed E-state index contributed by atoms with van der Waals surface area (Å²) in [5.74, 6) is -0.636. The molecule has 1 aromatic carbocycles. The topological polar surface area (TPSA) is 71.6 Å². The number of esters is 2. The zero-order valence-electron chi connectivity index (χ0n) is 16.2. The third-order valence-corrected chi connectivity index (χ3v) is 4.94. The van der Waals surface area contributed by atoms with Crippen LogP contribution < -0.4 is 0 Å². The zero-order valence-corrected chi connectivity index (χ0v) is 16.2. The summed E-state index contributed by atoms with van der Waals surface area (Å²) in [5, 5.41) is 0.985. The number of aromatic amines is 1. The molecule has 0 amide bonds. The molecule has 0 unspecified atom stereocenters. The van der Waals surface area contributed by atoms with E-state index in [2.05, 4.69) is 22.0 Å². The number of aryl methyl sites for hydroxylation is 1. The number of rotatable bonds is 8. The number of nitrogens with one attached hydrogen (secondary N) is 1. The monoisotopic (exact) mass is 372 g/mol. The van der Waals surface area contributed by atoms with Gasteiger partial charge in [0.2, 0.25) is 0 Å².